The van der Waals surface area contributed by atoms with Crippen molar-refractivity contribution in [2.45, 2.75) is 13.3 Å². The summed E-state index contributed by atoms with van der Waals surface area (Å²) in [6, 6.07) is 14.5. The molecule has 0 aromatic heterocycles. The largest absolute Gasteiger partial charge is 0.426 e. The number of esters is 1. The monoisotopic (exact) mass is 586 g/mol. The Morgan fingerprint density at radius 1 is 0.972 bits per heavy atom. The van der Waals surface area contributed by atoms with Gasteiger partial charge >= 0.3 is 5.97 Å². The molecule has 0 spiro atoms. The van der Waals surface area contributed by atoms with Crippen LogP contribution in [0.15, 0.2) is 59.1 Å². The minimum absolute atomic E-state index is 0.0245. The van der Waals surface area contributed by atoms with Crippen molar-refractivity contribution in [3.63, 3.8) is 0 Å². The summed E-state index contributed by atoms with van der Waals surface area (Å²) in [6.07, 6.45) is -0.0245. The number of benzene rings is 3. The van der Waals surface area contributed by atoms with Gasteiger partial charge in [0.1, 0.15) is 5.75 Å². The van der Waals surface area contributed by atoms with Gasteiger partial charge in [-0.05, 0) is 61.0 Å². The van der Waals surface area contributed by atoms with E-state index in [1.807, 2.05) is 0 Å². The molecule has 5 rings (SSSR count). The molecule has 2 aliphatic rings. The quantitative estimate of drug-likeness (QED) is 0.218. The number of aryl methyl sites for hydroxylation is 1. The lowest BCUT2D eigenvalue weighted by molar-refractivity contribution is -0.139. The molecule has 10 heteroatoms. The molecule has 0 saturated carbocycles. The van der Waals surface area contributed by atoms with Gasteiger partial charge < -0.3 is 9.64 Å². The van der Waals surface area contributed by atoms with Crippen LogP contribution in [0.1, 0.15) is 32.7 Å². The van der Waals surface area contributed by atoms with E-state index in [1.54, 1.807) is 55.5 Å². The van der Waals surface area contributed by atoms with Gasteiger partial charge in [0.25, 0.3) is 11.8 Å². The number of carbonyl (C=O) groups is 4. The Balaban J connectivity index is 1.32. The summed E-state index contributed by atoms with van der Waals surface area (Å²) >= 11 is 15.6. The molecule has 36 heavy (non-hydrogen) atoms. The number of nitrogens with zero attached hydrogens (tertiary/aromatic N) is 2. The maximum absolute atomic E-state index is 12.9. The molecule has 0 unspecified atom stereocenters. The van der Waals surface area contributed by atoms with Gasteiger partial charge in [0, 0.05) is 17.4 Å². The molecule has 7 nitrogen and oxygen atoms in total. The predicted octanol–water partition coefficient (Wildman–Crippen LogP) is 5.82. The number of rotatable bonds is 4. The Bertz CT molecular complexity index is 1470. The Morgan fingerprint density at radius 2 is 1.72 bits per heavy atom. The van der Waals surface area contributed by atoms with Crippen LogP contribution in [0.5, 0.6) is 5.75 Å². The number of fused-ring (bicyclic) bond motifs is 1. The molecular formula is C26H17BrCl2N2O5. The molecule has 2 heterocycles. The summed E-state index contributed by atoms with van der Waals surface area (Å²) < 4.78 is 6.24. The first-order valence-electron chi connectivity index (χ1n) is 10.9. The van der Waals surface area contributed by atoms with E-state index in [9.17, 15) is 19.2 Å². The molecule has 1 fully saturated rings. The molecule has 3 aromatic carbocycles. The summed E-state index contributed by atoms with van der Waals surface area (Å²) in [5.74, 6) is -2.12. The second-order valence-electron chi connectivity index (χ2n) is 8.48. The standard InChI is InChI=1S/C26H17BrCl2N2O5/c1-13-9-16(6-8-20(13)31-24(33)17-7-5-15(27)11-18(17)25(31)34)36-26(35)14-10-22(32)30(12-14)21-4-2-3-19(28)23(21)29/h2-9,11,14H,10,12H2,1H3/t14-/m1/s1. The molecule has 0 N–H and O–H groups in total. The van der Waals surface area contributed by atoms with Crippen molar-refractivity contribution in [3.8, 4) is 5.75 Å². The lowest BCUT2D eigenvalue weighted by atomic mass is 10.1. The highest BCUT2D eigenvalue weighted by molar-refractivity contribution is 9.10. The summed E-state index contributed by atoms with van der Waals surface area (Å²) in [4.78, 5) is 53.7. The summed E-state index contributed by atoms with van der Waals surface area (Å²) in [5, 5.41) is 0.558. The summed E-state index contributed by atoms with van der Waals surface area (Å²) in [5.41, 5.74) is 2.06. The zero-order chi connectivity index (χ0) is 25.7. The zero-order valence-electron chi connectivity index (χ0n) is 18.8. The van der Waals surface area contributed by atoms with Crippen LogP contribution in [0, 0.1) is 12.8 Å². The van der Waals surface area contributed by atoms with Gasteiger partial charge in [-0.1, -0.05) is 45.2 Å². The van der Waals surface area contributed by atoms with E-state index in [4.69, 9.17) is 27.9 Å². The molecule has 182 valence electrons. The minimum atomic E-state index is -0.692. The fourth-order valence-corrected chi connectivity index (χ4v) is 5.13. The first kappa shape index (κ1) is 24.5. The van der Waals surface area contributed by atoms with Crippen LogP contribution in [-0.2, 0) is 9.59 Å². The van der Waals surface area contributed by atoms with Crippen LogP contribution in [0.2, 0.25) is 10.0 Å². The van der Waals surface area contributed by atoms with Crippen molar-refractivity contribution >= 4 is 74.2 Å². The Morgan fingerprint density at radius 3 is 2.47 bits per heavy atom. The lowest BCUT2D eigenvalue weighted by Crippen LogP contribution is -2.30. The molecule has 0 aliphatic carbocycles. The SMILES string of the molecule is Cc1cc(OC(=O)[C@@H]2CC(=O)N(c3cccc(Cl)c3Cl)C2)ccc1N1C(=O)c2ccc(Br)cc2C1=O. The van der Waals surface area contributed by atoms with Crippen LogP contribution < -0.4 is 14.5 Å². The summed E-state index contributed by atoms with van der Waals surface area (Å²) in [6.45, 7) is 1.83. The minimum Gasteiger partial charge on any atom is -0.426 e. The van der Waals surface area contributed by atoms with Gasteiger partial charge in [0.2, 0.25) is 5.91 Å². The number of ether oxygens (including phenoxy) is 1. The molecule has 1 atom stereocenters. The van der Waals surface area contributed by atoms with E-state index in [0.29, 0.717) is 37.6 Å². The van der Waals surface area contributed by atoms with E-state index in [2.05, 4.69) is 15.9 Å². The van der Waals surface area contributed by atoms with Gasteiger partial charge in [0.05, 0.1) is 38.5 Å². The first-order chi connectivity index (χ1) is 17.2. The predicted molar refractivity (Wildman–Crippen MR) is 139 cm³/mol. The van der Waals surface area contributed by atoms with E-state index in [0.717, 1.165) is 4.90 Å². The van der Waals surface area contributed by atoms with Gasteiger partial charge in [-0.15, -0.1) is 0 Å². The number of halogens is 3. The van der Waals surface area contributed by atoms with Crippen LogP contribution in [0.3, 0.4) is 0 Å². The van der Waals surface area contributed by atoms with Crippen molar-refractivity contribution in [3.05, 3.63) is 85.8 Å². The van der Waals surface area contributed by atoms with Crippen molar-refractivity contribution in [1.82, 2.24) is 0 Å². The topological polar surface area (TPSA) is 84.0 Å². The summed E-state index contributed by atoms with van der Waals surface area (Å²) in [7, 11) is 0. The molecule has 3 amide bonds. The number of imide groups is 1. The molecule has 3 aromatic rings. The normalized spacial score (nSPS) is 17.1. The highest BCUT2D eigenvalue weighted by Crippen LogP contribution is 2.37. The van der Waals surface area contributed by atoms with Gasteiger partial charge in [-0.25, -0.2) is 4.90 Å². The maximum atomic E-state index is 12.9. The average molecular weight is 588 g/mol. The Labute approximate surface area is 224 Å². The molecule has 1 saturated heterocycles. The van der Waals surface area contributed by atoms with Crippen LogP contribution in [0.4, 0.5) is 11.4 Å². The van der Waals surface area contributed by atoms with E-state index in [1.165, 1.54) is 11.0 Å². The van der Waals surface area contributed by atoms with Gasteiger partial charge in [-0.2, -0.15) is 0 Å². The van der Waals surface area contributed by atoms with Crippen LogP contribution in [-0.4, -0.2) is 30.2 Å². The number of amides is 3. The molecule has 2 aliphatic heterocycles. The van der Waals surface area contributed by atoms with Crippen molar-refractivity contribution in [1.29, 1.82) is 0 Å². The highest BCUT2D eigenvalue weighted by atomic mass is 79.9. The molecule has 0 radical (unpaired) electrons. The Kier molecular flexibility index (Phi) is 6.36. The van der Waals surface area contributed by atoms with Crippen molar-refractivity contribution in [2.75, 3.05) is 16.3 Å². The van der Waals surface area contributed by atoms with E-state index >= 15 is 0 Å². The third kappa shape index (κ3) is 4.19. The maximum Gasteiger partial charge on any atom is 0.316 e. The third-order valence-corrected chi connectivity index (χ3v) is 7.46. The number of anilines is 2. The first-order valence-corrected chi connectivity index (χ1v) is 12.5. The van der Waals surface area contributed by atoms with Gasteiger partial charge in [-0.3, -0.25) is 19.2 Å². The van der Waals surface area contributed by atoms with E-state index < -0.39 is 23.7 Å². The van der Waals surface area contributed by atoms with Crippen molar-refractivity contribution < 1.29 is 23.9 Å². The fraction of sp³-hybridized carbons (Fsp3) is 0.154. The van der Waals surface area contributed by atoms with Gasteiger partial charge in [0.15, 0.2) is 0 Å². The van der Waals surface area contributed by atoms with Crippen molar-refractivity contribution in [2.24, 2.45) is 5.92 Å². The second kappa shape index (κ2) is 9.35. The highest BCUT2D eigenvalue weighted by Gasteiger charge is 2.39. The van der Waals surface area contributed by atoms with Crippen LogP contribution in [0.25, 0.3) is 0 Å². The molecule has 0 bridgehead atoms. The average Bonchev–Trinajstić information content (AvgIpc) is 3.33. The van der Waals surface area contributed by atoms with E-state index in [-0.39, 0.29) is 29.6 Å². The smallest absolute Gasteiger partial charge is 0.316 e. The lowest BCUT2D eigenvalue weighted by Gasteiger charge is -2.19. The fourth-order valence-electron chi connectivity index (χ4n) is 4.37. The Hall–Kier alpha value is -3.20. The third-order valence-electron chi connectivity index (χ3n) is 6.16. The number of carbonyl (C=O) groups excluding carboxylic acids is 4. The number of hydrogen-bond donors (Lipinski definition) is 0. The van der Waals surface area contributed by atoms with Crippen LogP contribution >= 0.6 is 39.1 Å². The second-order valence-corrected chi connectivity index (χ2v) is 10.2. The zero-order valence-corrected chi connectivity index (χ0v) is 21.9. The molecular weight excluding hydrogens is 571 g/mol. The number of hydrogen-bond acceptors (Lipinski definition) is 5.